The van der Waals surface area contributed by atoms with E-state index in [9.17, 15) is 5.11 Å². The maximum atomic E-state index is 9.78. The highest BCUT2D eigenvalue weighted by atomic mass is 16.5. The van der Waals surface area contributed by atoms with Gasteiger partial charge in [0.1, 0.15) is 0 Å². The maximum Gasteiger partial charge on any atom is 0.0975 e. The van der Waals surface area contributed by atoms with Gasteiger partial charge in [0.25, 0.3) is 0 Å². The van der Waals surface area contributed by atoms with Crippen LogP contribution in [-0.2, 0) is 9.47 Å². The van der Waals surface area contributed by atoms with Gasteiger partial charge in [-0.2, -0.15) is 0 Å². The standard InChI is InChI=1S/C10H23NO3/c1-4-11-8-10(2,12)9-14-7-5-6-13-3/h11-12H,4-9H2,1-3H3. The molecule has 0 radical (unpaired) electrons. The molecule has 0 saturated heterocycles. The lowest BCUT2D eigenvalue weighted by atomic mass is 10.1. The number of methoxy groups -OCH3 is 1. The summed E-state index contributed by atoms with van der Waals surface area (Å²) in [5, 5.41) is 12.9. The second-order valence-electron chi connectivity index (χ2n) is 3.68. The van der Waals surface area contributed by atoms with Crippen LogP contribution in [0.4, 0.5) is 0 Å². The Labute approximate surface area is 86.6 Å². The second-order valence-corrected chi connectivity index (χ2v) is 3.68. The van der Waals surface area contributed by atoms with Gasteiger partial charge >= 0.3 is 0 Å². The number of ether oxygens (including phenoxy) is 2. The van der Waals surface area contributed by atoms with Crippen molar-refractivity contribution in [2.75, 3.05) is 40.0 Å². The molecule has 2 N–H and O–H groups in total. The molecule has 0 fully saturated rings. The molecule has 0 aromatic rings. The fourth-order valence-electron chi connectivity index (χ4n) is 1.04. The lowest BCUT2D eigenvalue weighted by Crippen LogP contribution is -2.41. The van der Waals surface area contributed by atoms with Gasteiger partial charge in [-0.3, -0.25) is 0 Å². The Morgan fingerprint density at radius 1 is 1.36 bits per heavy atom. The van der Waals surface area contributed by atoms with E-state index < -0.39 is 5.60 Å². The summed E-state index contributed by atoms with van der Waals surface area (Å²) >= 11 is 0. The zero-order valence-corrected chi connectivity index (χ0v) is 9.51. The predicted octanol–water partition coefficient (Wildman–Crippen LogP) is 0.400. The third kappa shape index (κ3) is 8.44. The van der Waals surface area contributed by atoms with Gasteiger partial charge in [-0.1, -0.05) is 6.92 Å². The highest BCUT2D eigenvalue weighted by Crippen LogP contribution is 2.02. The van der Waals surface area contributed by atoms with E-state index >= 15 is 0 Å². The Morgan fingerprint density at radius 3 is 2.64 bits per heavy atom. The number of aliphatic hydroxyl groups is 1. The van der Waals surface area contributed by atoms with Gasteiger partial charge in [-0.05, 0) is 19.9 Å². The van der Waals surface area contributed by atoms with Crippen LogP contribution in [0, 0.1) is 0 Å². The molecule has 1 unspecified atom stereocenters. The van der Waals surface area contributed by atoms with Crippen LogP contribution in [0.15, 0.2) is 0 Å². The summed E-state index contributed by atoms with van der Waals surface area (Å²) < 4.78 is 10.2. The van der Waals surface area contributed by atoms with Gasteiger partial charge in [0.15, 0.2) is 0 Å². The zero-order chi connectivity index (χ0) is 10.9. The molecule has 0 aliphatic carbocycles. The Morgan fingerprint density at radius 2 is 2.07 bits per heavy atom. The predicted molar refractivity (Wildman–Crippen MR) is 56.5 cm³/mol. The van der Waals surface area contributed by atoms with Crippen molar-refractivity contribution in [2.45, 2.75) is 25.9 Å². The number of rotatable bonds is 9. The molecule has 0 aromatic carbocycles. The van der Waals surface area contributed by atoms with Gasteiger partial charge in [0, 0.05) is 26.9 Å². The van der Waals surface area contributed by atoms with Crippen molar-refractivity contribution in [3.05, 3.63) is 0 Å². The van der Waals surface area contributed by atoms with E-state index in [0.717, 1.165) is 13.0 Å². The number of hydrogen-bond donors (Lipinski definition) is 2. The summed E-state index contributed by atoms with van der Waals surface area (Å²) in [6.07, 6.45) is 0.869. The number of likely N-dealkylation sites (N-methyl/N-ethyl adjacent to an activating group) is 1. The topological polar surface area (TPSA) is 50.7 Å². The van der Waals surface area contributed by atoms with Crippen molar-refractivity contribution in [2.24, 2.45) is 0 Å². The van der Waals surface area contributed by atoms with Crippen molar-refractivity contribution >= 4 is 0 Å². The van der Waals surface area contributed by atoms with E-state index in [2.05, 4.69) is 5.32 Å². The minimum Gasteiger partial charge on any atom is -0.386 e. The lowest BCUT2D eigenvalue weighted by molar-refractivity contribution is -0.0352. The molecule has 4 nitrogen and oxygen atoms in total. The molecule has 86 valence electrons. The van der Waals surface area contributed by atoms with E-state index in [1.807, 2.05) is 6.92 Å². The fraction of sp³-hybridized carbons (Fsp3) is 1.00. The summed E-state index contributed by atoms with van der Waals surface area (Å²) in [5.74, 6) is 0. The van der Waals surface area contributed by atoms with Gasteiger partial charge in [-0.25, -0.2) is 0 Å². The molecule has 0 spiro atoms. The molecular weight excluding hydrogens is 182 g/mol. The molecule has 0 amide bonds. The van der Waals surface area contributed by atoms with Crippen LogP contribution in [0.3, 0.4) is 0 Å². The van der Waals surface area contributed by atoms with Crippen LogP contribution < -0.4 is 5.32 Å². The Balaban J connectivity index is 3.35. The molecule has 14 heavy (non-hydrogen) atoms. The van der Waals surface area contributed by atoms with Crippen LogP contribution in [0.5, 0.6) is 0 Å². The monoisotopic (exact) mass is 205 g/mol. The Kier molecular flexibility index (Phi) is 8.08. The van der Waals surface area contributed by atoms with Gasteiger partial charge in [0.05, 0.1) is 12.2 Å². The van der Waals surface area contributed by atoms with Crippen LogP contribution in [0.2, 0.25) is 0 Å². The first-order valence-corrected chi connectivity index (χ1v) is 5.12. The summed E-state index contributed by atoms with van der Waals surface area (Å²) in [5.41, 5.74) is -0.775. The molecule has 0 aromatic heterocycles. The van der Waals surface area contributed by atoms with Crippen LogP contribution in [0.1, 0.15) is 20.3 Å². The molecular formula is C10H23NO3. The van der Waals surface area contributed by atoms with Crippen LogP contribution in [-0.4, -0.2) is 50.7 Å². The van der Waals surface area contributed by atoms with Gasteiger partial charge in [0.2, 0.25) is 0 Å². The normalized spacial score (nSPS) is 15.4. The van der Waals surface area contributed by atoms with E-state index in [1.54, 1.807) is 14.0 Å². The Bertz CT molecular complexity index is 129. The van der Waals surface area contributed by atoms with Crippen molar-refractivity contribution in [3.8, 4) is 0 Å². The lowest BCUT2D eigenvalue weighted by Gasteiger charge is -2.23. The molecule has 1 atom stereocenters. The van der Waals surface area contributed by atoms with Crippen LogP contribution in [0.25, 0.3) is 0 Å². The molecule has 4 heteroatoms. The van der Waals surface area contributed by atoms with Crippen LogP contribution >= 0.6 is 0 Å². The van der Waals surface area contributed by atoms with Gasteiger partial charge in [-0.15, -0.1) is 0 Å². The van der Waals surface area contributed by atoms with E-state index in [-0.39, 0.29) is 0 Å². The third-order valence-electron chi connectivity index (χ3n) is 1.81. The Hall–Kier alpha value is -0.160. The summed E-state index contributed by atoms with van der Waals surface area (Å²) in [7, 11) is 1.67. The van der Waals surface area contributed by atoms with E-state index in [0.29, 0.717) is 26.4 Å². The van der Waals surface area contributed by atoms with E-state index in [4.69, 9.17) is 9.47 Å². The first-order valence-electron chi connectivity index (χ1n) is 5.12. The summed E-state index contributed by atoms with van der Waals surface area (Å²) in [6, 6.07) is 0. The first kappa shape index (κ1) is 13.8. The third-order valence-corrected chi connectivity index (χ3v) is 1.81. The van der Waals surface area contributed by atoms with Gasteiger partial charge < -0.3 is 19.9 Å². The molecule has 0 aliphatic heterocycles. The SMILES string of the molecule is CCNCC(C)(O)COCCCOC. The second kappa shape index (κ2) is 8.17. The van der Waals surface area contributed by atoms with Crippen molar-refractivity contribution in [1.82, 2.24) is 5.32 Å². The summed E-state index contributed by atoms with van der Waals surface area (Å²) in [4.78, 5) is 0. The van der Waals surface area contributed by atoms with Crippen molar-refractivity contribution in [3.63, 3.8) is 0 Å². The number of hydrogen-bond acceptors (Lipinski definition) is 4. The number of nitrogens with one attached hydrogen (secondary N) is 1. The van der Waals surface area contributed by atoms with E-state index in [1.165, 1.54) is 0 Å². The zero-order valence-electron chi connectivity index (χ0n) is 9.51. The molecule has 0 aliphatic rings. The molecule has 0 heterocycles. The maximum absolute atomic E-state index is 9.78. The average molecular weight is 205 g/mol. The molecule has 0 saturated carbocycles. The van der Waals surface area contributed by atoms with Crippen molar-refractivity contribution < 1.29 is 14.6 Å². The average Bonchev–Trinajstić information content (AvgIpc) is 2.15. The minimum atomic E-state index is -0.775. The fourth-order valence-corrected chi connectivity index (χ4v) is 1.04. The smallest absolute Gasteiger partial charge is 0.0975 e. The molecule has 0 bridgehead atoms. The first-order chi connectivity index (χ1) is 6.62. The van der Waals surface area contributed by atoms with Crippen molar-refractivity contribution in [1.29, 1.82) is 0 Å². The highest BCUT2D eigenvalue weighted by molar-refractivity contribution is 4.74. The quantitative estimate of drug-likeness (QED) is 0.535. The largest absolute Gasteiger partial charge is 0.386 e. The molecule has 0 rings (SSSR count). The minimum absolute atomic E-state index is 0.365. The summed E-state index contributed by atoms with van der Waals surface area (Å²) in [6.45, 7) is 6.91. The highest BCUT2D eigenvalue weighted by Gasteiger charge is 2.19.